The average Bonchev–Trinajstić information content (AvgIpc) is 2.04. The lowest BCUT2D eigenvalue weighted by molar-refractivity contribution is 0.599. The van der Waals surface area contributed by atoms with E-state index in [9.17, 15) is 8.42 Å². The van der Waals surface area contributed by atoms with Gasteiger partial charge in [0.2, 0.25) is 0 Å². The van der Waals surface area contributed by atoms with Crippen molar-refractivity contribution in [1.29, 1.82) is 0 Å². The summed E-state index contributed by atoms with van der Waals surface area (Å²) in [7, 11) is -3.15. The fourth-order valence-electron chi connectivity index (χ4n) is 1.12. The Hall–Kier alpha value is -0.910. The highest BCUT2D eigenvalue weighted by Crippen LogP contribution is 2.14. The molecule has 0 radical (unpaired) electrons. The van der Waals surface area contributed by atoms with Crippen LogP contribution >= 0.6 is 0 Å². The van der Waals surface area contributed by atoms with Gasteiger partial charge in [-0.15, -0.1) is 0 Å². The van der Waals surface area contributed by atoms with Crippen LogP contribution in [0.1, 0.15) is 5.56 Å². The molecule has 1 aromatic carbocycles. The molecule has 0 aliphatic heterocycles. The summed E-state index contributed by atoms with van der Waals surface area (Å²) < 4.78 is 22.5. The molecule has 0 aromatic heterocycles. The minimum absolute atomic E-state index is 0.327. The third-order valence-electron chi connectivity index (χ3n) is 1.66. The second-order valence-corrected chi connectivity index (χ2v) is 4.74. The molecule has 3 N–H and O–H groups in total. The van der Waals surface area contributed by atoms with E-state index in [0.717, 1.165) is 0 Å². The smallest absolute Gasteiger partial charge is 0.175 e. The normalized spacial score (nSPS) is 11.5. The minimum atomic E-state index is -3.15. The van der Waals surface area contributed by atoms with Crippen LogP contribution in [0.25, 0.3) is 0 Å². The Morgan fingerprint density at radius 3 is 2.54 bits per heavy atom. The molecule has 0 spiro atoms. The average molecular weight is 200 g/mol. The van der Waals surface area contributed by atoms with Gasteiger partial charge in [-0.3, -0.25) is 11.3 Å². The molecule has 0 unspecified atom stereocenters. The molecule has 72 valence electrons. The second kappa shape index (κ2) is 3.87. The van der Waals surface area contributed by atoms with Crippen molar-refractivity contribution in [1.82, 2.24) is 5.43 Å². The van der Waals surface area contributed by atoms with Crippen LogP contribution in [0.15, 0.2) is 29.2 Å². The molecule has 13 heavy (non-hydrogen) atoms. The zero-order valence-corrected chi connectivity index (χ0v) is 8.14. The summed E-state index contributed by atoms with van der Waals surface area (Å²) in [5.74, 6) is 5.13. The van der Waals surface area contributed by atoms with Crippen LogP contribution in [0, 0.1) is 0 Å². The number of nitrogens with two attached hydrogens (primary N) is 1. The molecule has 0 fully saturated rings. The van der Waals surface area contributed by atoms with E-state index in [1.54, 1.807) is 24.3 Å². The Morgan fingerprint density at radius 2 is 2.00 bits per heavy atom. The first kappa shape index (κ1) is 10.2. The number of benzene rings is 1. The van der Waals surface area contributed by atoms with Gasteiger partial charge in [0.1, 0.15) is 0 Å². The fourth-order valence-corrected chi connectivity index (χ4v) is 2.06. The lowest BCUT2D eigenvalue weighted by atomic mass is 10.2. The molecule has 0 atom stereocenters. The molecule has 5 heteroatoms. The quantitative estimate of drug-likeness (QED) is 0.534. The van der Waals surface area contributed by atoms with E-state index in [0.29, 0.717) is 17.0 Å². The van der Waals surface area contributed by atoms with E-state index < -0.39 is 9.84 Å². The lowest BCUT2D eigenvalue weighted by Crippen LogP contribution is -2.22. The van der Waals surface area contributed by atoms with Gasteiger partial charge in [0.15, 0.2) is 9.84 Å². The standard InChI is InChI=1S/C8H12N2O2S/c1-13(11,12)8-5-3-2-4-7(8)6-10-9/h2-5,10H,6,9H2,1H3. The largest absolute Gasteiger partial charge is 0.271 e. The molecular formula is C8H12N2O2S. The SMILES string of the molecule is CS(=O)(=O)c1ccccc1CNN. The van der Waals surface area contributed by atoms with E-state index in [4.69, 9.17) is 5.84 Å². The van der Waals surface area contributed by atoms with E-state index in [2.05, 4.69) is 5.43 Å². The molecule has 0 heterocycles. The van der Waals surface area contributed by atoms with Gasteiger partial charge in [-0.2, -0.15) is 0 Å². The molecule has 0 bridgehead atoms. The van der Waals surface area contributed by atoms with Crippen LogP contribution < -0.4 is 11.3 Å². The highest BCUT2D eigenvalue weighted by atomic mass is 32.2. The molecule has 1 rings (SSSR count). The fraction of sp³-hybridized carbons (Fsp3) is 0.250. The van der Waals surface area contributed by atoms with Gasteiger partial charge >= 0.3 is 0 Å². The predicted molar refractivity (Wildman–Crippen MR) is 50.6 cm³/mol. The van der Waals surface area contributed by atoms with Crippen LogP contribution in [0.4, 0.5) is 0 Å². The van der Waals surface area contributed by atoms with Crippen LogP contribution in [0.2, 0.25) is 0 Å². The summed E-state index contributed by atoms with van der Waals surface area (Å²) in [5.41, 5.74) is 3.12. The number of nitrogens with one attached hydrogen (secondary N) is 1. The summed E-state index contributed by atoms with van der Waals surface area (Å²) in [6.45, 7) is 0.350. The first-order valence-electron chi connectivity index (χ1n) is 3.77. The van der Waals surface area contributed by atoms with Gasteiger partial charge in [-0.1, -0.05) is 18.2 Å². The zero-order valence-electron chi connectivity index (χ0n) is 7.32. The number of sulfone groups is 1. The zero-order chi connectivity index (χ0) is 9.90. The second-order valence-electron chi connectivity index (χ2n) is 2.76. The van der Waals surface area contributed by atoms with Crippen molar-refractivity contribution in [3.05, 3.63) is 29.8 Å². The summed E-state index contributed by atoms with van der Waals surface area (Å²) in [5, 5.41) is 0. The van der Waals surface area contributed by atoms with Gasteiger partial charge in [0, 0.05) is 12.8 Å². The Kier molecular flexibility index (Phi) is 3.02. The van der Waals surface area contributed by atoms with Crippen molar-refractivity contribution in [3.63, 3.8) is 0 Å². The summed E-state index contributed by atoms with van der Waals surface area (Å²) in [4.78, 5) is 0.327. The number of rotatable bonds is 3. The van der Waals surface area contributed by atoms with E-state index in [-0.39, 0.29) is 0 Å². The van der Waals surface area contributed by atoms with Gasteiger partial charge in [-0.05, 0) is 11.6 Å². The van der Waals surface area contributed by atoms with Gasteiger partial charge in [0.05, 0.1) is 4.90 Å². The van der Waals surface area contributed by atoms with E-state index in [1.807, 2.05) is 0 Å². The van der Waals surface area contributed by atoms with Crippen LogP contribution in [-0.4, -0.2) is 14.7 Å². The Morgan fingerprint density at radius 1 is 1.38 bits per heavy atom. The molecule has 0 aliphatic rings. The maximum absolute atomic E-state index is 11.3. The predicted octanol–water partition coefficient (Wildman–Crippen LogP) is 0.0534. The Balaban J connectivity index is 3.20. The topological polar surface area (TPSA) is 72.2 Å². The van der Waals surface area contributed by atoms with E-state index in [1.165, 1.54) is 6.26 Å². The van der Waals surface area contributed by atoms with Crippen LogP contribution in [-0.2, 0) is 16.4 Å². The maximum Gasteiger partial charge on any atom is 0.175 e. The van der Waals surface area contributed by atoms with Crippen molar-refractivity contribution < 1.29 is 8.42 Å². The van der Waals surface area contributed by atoms with Crippen molar-refractivity contribution >= 4 is 9.84 Å². The highest BCUT2D eigenvalue weighted by Gasteiger charge is 2.10. The van der Waals surface area contributed by atoms with Gasteiger partial charge < -0.3 is 0 Å². The minimum Gasteiger partial charge on any atom is -0.271 e. The first-order chi connectivity index (χ1) is 6.05. The van der Waals surface area contributed by atoms with Crippen LogP contribution in [0.5, 0.6) is 0 Å². The molecule has 0 amide bonds. The molecule has 4 nitrogen and oxygen atoms in total. The molecule has 1 aromatic rings. The molecule has 0 aliphatic carbocycles. The van der Waals surface area contributed by atoms with Crippen LogP contribution in [0.3, 0.4) is 0 Å². The lowest BCUT2D eigenvalue weighted by Gasteiger charge is -2.05. The Bertz CT molecular complexity index is 387. The van der Waals surface area contributed by atoms with Crippen molar-refractivity contribution in [2.75, 3.05) is 6.26 Å². The molecule has 0 saturated heterocycles. The summed E-state index contributed by atoms with van der Waals surface area (Å²) >= 11 is 0. The number of hydrogen-bond donors (Lipinski definition) is 2. The van der Waals surface area contributed by atoms with Crippen molar-refractivity contribution in [2.24, 2.45) is 5.84 Å². The third-order valence-corrected chi connectivity index (χ3v) is 2.86. The Labute approximate surface area is 77.6 Å². The first-order valence-corrected chi connectivity index (χ1v) is 5.66. The van der Waals surface area contributed by atoms with Crippen molar-refractivity contribution in [2.45, 2.75) is 11.4 Å². The summed E-state index contributed by atoms with van der Waals surface area (Å²) in [6, 6.07) is 6.77. The van der Waals surface area contributed by atoms with Gasteiger partial charge in [0.25, 0.3) is 0 Å². The number of hydrazine groups is 1. The van der Waals surface area contributed by atoms with E-state index >= 15 is 0 Å². The molecular weight excluding hydrogens is 188 g/mol. The highest BCUT2D eigenvalue weighted by molar-refractivity contribution is 7.90. The third kappa shape index (κ3) is 2.51. The van der Waals surface area contributed by atoms with Crippen molar-refractivity contribution in [3.8, 4) is 0 Å². The monoisotopic (exact) mass is 200 g/mol. The summed E-state index contributed by atoms with van der Waals surface area (Å²) in [6.07, 6.45) is 1.18. The maximum atomic E-state index is 11.3. The van der Waals surface area contributed by atoms with Gasteiger partial charge in [-0.25, -0.2) is 8.42 Å². The number of hydrogen-bond acceptors (Lipinski definition) is 4. The molecule has 0 saturated carbocycles.